The lowest BCUT2D eigenvalue weighted by Crippen LogP contribution is -2.42. The molecule has 2 aliphatic rings. The van der Waals surface area contributed by atoms with Gasteiger partial charge in [0.1, 0.15) is 5.69 Å². The Bertz CT molecular complexity index is 541. The summed E-state index contributed by atoms with van der Waals surface area (Å²) >= 11 is 0. The zero-order chi connectivity index (χ0) is 15.7. The average Bonchev–Trinajstić information content (AvgIpc) is 3.17. The summed E-state index contributed by atoms with van der Waals surface area (Å²) in [6.07, 6.45) is 3.99. The number of rotatable bonds is 3. The highest BCUT2D eigenvalue weighted by Crippen LogP contribution is 2.35. The second kappa shape index (κ2) is 6.18. The Labute approximate surface area is 127 Å². The van der Waals surface area contributed by atoms with Gasteiger partial charge in [-0.15, -0.1) is 5.10 Å². The van der Waals surface area contributed by atoms with Gasteiger partial charge in [-0.05, 0) is 31.6 Å². The third kappa shape index (κ3) is 2.78. The van der Waals surface area contributed by atoms with Crippen molar-refractivity contribution in [2.45, 2.75) is 51.0 Å². The lowest BCUT2D eigenvalue weighted by atomic mass is 9.96. The van der Waals surface area contributed by atoms with Crippen LogP contribution in [-0.4, -0.2) is 38.5 Å². The Hall–Kier alpha value is -1.73. The molecule has 2 fully saturated rings. The molecule has 1 aliphatic heterocycles. The minimum Gasteiger partial charge on any atom is -0.321 e. The number of alkyl halides is 2. The summed E-state index contributed by atoms with van der Waals surface area (Å²) in [7, 11) is 1.39. The number of carbonyl (C=O) groups is 1. The van der Waals surface area contributed by atoms with E-state index in [-0.39, 0.29) is 23.6 Å². The van der Waals surface area contributed by atoms with Crippen LogP contribution in [0, 0.1) is 5.92 Å². The van der Waals surface area contributed by atoms with Crippen molar-refractivity contribution < 1.29 is 13.6 Å². The number of urea groups is 1. The van der Waals surface area contributed by atoms with Crippen molar-refractivity contribution >= 4 is 11.8 Å². The smallest absolute Gasteiger partial charge is 0.321 e. The van der Waals surface area contributed by atoms with Crippen LogP contribution in [-0.2, 0) is 7.05 Å². The summed E-state index contributed by atoms with van der Waals surface area (Å²) in [5, 5.41) is 9.73. The Morgan fingerprint density at radius 1 is 1.27 bits per heavy atom. The third-order valence-corrected chi connectivity index (χ3v) is 4.81. The molecule has 1 N–H and O–H groups in total. The molecule has 6 nitrogen and oxygen atoms in total. The maximum Gasteiger partial charge on any atom is 0.323 e. The van der Waals surface area contributed by atoms with Crippen LogP contribution in [0.4, 0.5) is 19.4 Å². The van der Waals surface area contributed by atoms with Gasteiger partial charge in [0.25, 0.3) is 6.43 Å². The SMILES string of the molecule is Cn1nnc(NC(=O)N2CCCC2C2CCCC2)c1C(F)F. The van der Waals surface area contributed by atoms with E-state index >= 15 is 0 Å². The van der Waals surface area contributed by atoms with E-state index in [9.17, 15) is 13.6 Å². The molecule has 8 heteroatoms. The molecule has 1 atom stereocenters. The van der Waals surface area contributed by atoms with Crippen LogP contribution in [0.1, 0.15) is 50.6 Å². The van der Waals surface area contributed by atoms with Crippen molar-refractivity contribution in [2.75, 3.05) is 11.9 Å². The molecule has 1 aromatic heterocycles. The van der Waals surface area contributed by atoms with Gasteiger partial charge in [-0.1, -0.05) is 18.1 Å². The molecule has 1 saturated heterocycles. The molecule has 0 aromatic carbocycles. The second-order valence-corrected chi connectivity index (χ2v) is 6.13. The fourth-order valence-corrected chi connectivity index (χ4v) is 3.75. The molecule has 0 bridgehead atoms. The molecular weight excluding hydrogens is 292 g/mol. The van der Waals surface area contributed by atoms with Crippen LogP contribution in [0.3, 0.4) is 0 Å². The zero-order valence-electron chi connectivity index (χ0n) is 12.6. The quantitative estimate of drug-likeness (QED) is 0.933. The Morgan fingerprint density at radius 3 is 2.68 bits per heavy atom. The molecule has 122 valence electrons. The second-order valence-electron chi connectivity index (χ2n) is 6.13. The highest BCUT2D eigenvalue weighted by molar-refractivity contribution is 5.89. The van der Waals surface area contributed by atoms with Gasteiger partial charge in [0, 0.05) is 19.6 Å². The Kier molecular flexibility index (Phi) is 4.26. The van der Waals surface area contributed by atoms with Crippen molar-refractivity contribution in [1.82, 2.24) is 19.9 Å². The highest BCUT2D eigenvalue weighted by Gasteiger charge is 2.36. The molecule has 2 amide bonds. The first-order valence-corrected chi connectivity index (χ1v) is 7.83. The topological polar surface area (TPSA) is 63.1 Å². The number of hydrogen-bond acceptors (Lipinski definition) is 3. The maximum absolute atomic E-state index is 13.0. The average molecular weight is 313 g/mol. The summed E-state index contributed by atoms with van der Waals surface area (Å²) in [6.45, 7) is 0.678. The first-order chi connectivity index (χ1) is 10.6. The number of hydrogen-bond donors (Lipinski definition) is 1. The van der Waals surface area contributed by atoms with Gasteiger partial charge in [0.15, 0.2) is 5.82 Å². The van der Waals surface area contributed by atoms with E-state index in [0.717, 1.165) is 30.4 Å². The predicted octanol–water partition coefficient (Wildman–Crippen LogP) is 2.94. The van der Waals surface area contributed by atoms with Crippen LogP contribution >= 0.6 is 0 Å². The molecule has 0 spiro atoms. The molecule has 22 heavy (non-hydrogen) atoms. The molecule has 2 heterocycles. The van der Waals surface area contributed by atoms with Gasteiger partial charge in [-0.2, -0.15) is 0 Å². The molecule has 3 rings (SSSR count). The van der Waals surface area contributed by atoms with E-state index in [1.54, 1.807) is 4.90 Å². The monoisotopic (exact) mass is 313 g/mol. The Balaban J connectivity index is 1.71. The molecular formula is C14H21F2N5O. The highest BCUT2D eigenvalue weighted by atomic mass is 19.3. The first-order valence-electron chi connectivity index (χ1n) is 7.83. The van der Waals surface area contributed by atoms with Gasteiger partial charge in [-0.25, -0.2) is 18.3 Å². The van der Waals surface area contributed by atoms with Crippen molar-refractivity contribution in [3.05, 3.63) is 5.69 Å². The number of likely N-dealkylation sites (tertiary alicyclic amines) is 1. The number of amides is 2. The first kappa shape index (κ1) is 15.2. The lowest BCUT2D eigenvalue weighted by molar-refractivity contribution is 0.141. The van der Waals surface area contributed by atoms with Crippen LogP contribution in [0.15, 0.2) is 0 Å². The predicted molar refractivity (Wildman–Crippen MR) is 76.7 cm³/mol. The van der Waals surface area contributed by atoms with E-state index in [0.29, 0.717) is 12.5 Å². The normalized spacial score (nSPS) is 22.7. The summed E-state index contributed by atoms with van der Waals surface area (Å²) in [6, 6.07) is -0.106. The number of nitrogens with one attached hydrogen (secondary N) is 1. The molecule has 1 saturated carbocycles. The summed E-state index contributed by atoms with van der Waals surface area (Å²) in [4.78, 5) is 14.3. The summed E-state index contributed by atoms with van der Waals surface area (Å²) in [5.74, 6) is 0.407. The van der Waals surface area contributed by atoms with E-state index in [2.05, 4.69) is 15.6 Å². The molecule has 0 radical (unpaired) electrons. The number of anilines is 1. The Morgan fingerprint density at radius 2 is 2.00 bits per heavy atom. The van der Waals surface area contributed by atoms with Crippen molar-refractivity contribution in [3.8, 4) is 0 Å². The van der Waals surface area contributed by atoms with E-state index in [1.165, 1.54) is 19.9 Å². The summed E-state index contributed by atoms with van der Waals surface area (Å²) < 4.78 is 27.0. The van der Waals surface area contributed by atoms with Crippen LogP contribution in [0.2, 0.25) is 0 Å². The largest absolute Gasteiger partial charge is 0.323 e. The third-order valence-electron chi connectivity index (χ3n) is 4.81. The lowest BCUT2D eigenvalue weighted by Gasteiger charge is -2.29. The van der Waals surface area contributed by atoms with Gasteiger partial charge in [0.05, 0.1) is 0 Å². The number of carbonyl (C=O) groups excluding carboxylic acids is 1. The number of halogens is 2. The number of aryl methyl sites for hydroxylation is 1. The van der Waals surface area contributed by atoms with Crippen LogP contribution in [0.5, 0.6) is 0 Å². The van der Waals surface area contributed by atoms with Crippen LogP contribution < -0.4 is 5.32 Å². The standard InChI is InChI=1S/C14H21F2N5O/c1-20-11(12(15)16)13(18-19-20)17-14(22)21-8-4-7-10(21)9-5-2-3-6-9/h9-10,12H,2-8H2,1H3,(H,17,22). The minimum atomic E-state index is -2.72. The summed E-state index contributed by atoms with van der Waals surface area (Å²) in [5.41, 5.74) is -0.357. The van der Waals surface area contributed by atoms with Crippen molar-refractivity contribution in [1.29, 1.82) is 0 Å². The van der Waals surface area contributed by atoms with E-state index in [4.69, 9.17) is 0 Å². The zero-order valence-corrected chi connectivity index (χ0v) is 12.6. The fourth-order valence-electron chi connectivity index (χ4n) is 3.75. The van der Waals surface area contributed by atoms with Crippen LogP contribution in [0.25, 0.3) is 0 Å². The van der Waals surface area contributed by atoms with Gasteiger partial charge < -0.3 is 4.90 Å². The van der Waals surface area contributed by atoms with Gasteiger partial charge in [0.2, 0.25) is 0 Å². The minimum absolute atomic E-state index is 0.139. The van der Waals surface area contributed by atoms with Gasteiger partial charge >= 0.3 is 6.03 Å². The maximum atomic E-state index is 13.0. The van der Waals surface area contributed by atoms with Gasteiger partial charge in [-0.3, -0.25) is 5.32 Å². The fraction of sp³-hybridized carbons (Fsp3) is 0.786. The van der Waals surface area contributed by atoms with E-state index < -0.39 is 6.43 Å². The number of aromatic nitrogens is 3. The van der Waals surface area contributed by atoms with Crippen molar-refractivity contribution in [3.63, 3.8) is 0 Å². The van der Waals surface area contributed by atoms with Crippen molar-refractivity contribution in [2.24, 2.45) is 13.0 Å². The van der Waals surface area contributed by atoms with E-state index in [1.807, 2.05) is 0 Å². The molecule has 1 aromatic rings. The molecule has 1 aliphatic carbocycles. The number of nitrogens with zero attached hydrogens (tertiary/aromatic N) is 4. The molecule has 1 unspecified atom stereocenters.